The fourth-order valence-electron chi connectivity index (χ4n) is 2.18. The van der Waals surface area contributed by atoms with E-state index in [0.717, 1.165) is 0 Å². The van der Waals surface area contributed by atoms with Gasteiger partial charge in [-0.2, -0.15) is 0 Å². The molecule has 0 amide bonds. The minimum atomic E-state index is -2.07. The first-order chi connectivity index (χ1) is 7.24. The quantitative estimate of drug-likeness (QED) is 0.432. The summed E-state index contributed by atoms with van der Waals surface area (Å²) in [5.41, 5.74) is 0. The molecule has 0 spiro atoms. The van der Waals surface area contributed by atoms with Gasteiger partial charge in [0.1, 0.15) is 0 Å². The zero-order valence-electron chi connectivity index (χ0n) is 10.9. The molecule has 2 heteroatoms. The zero-order valence-corrected chi connectivity index (χ0v) is 13.8. The van der Waals surface area contributed by atoms with Gasteiger partial charge in [0.05, 0.1) is 0 Å². The normalized spacial score (nSPS) is 11.7. The first kappa shape index (κ1) is 15.5. The molecule has 0 heterocycles. The molecule has 0 aromatic carbocycles. The van der Waals surface area contributed by atoms with Crippen LogP contribution < -0.4 is 0 Å². The molecule has 0 aliphatic carbocycles. The van der Waals surface area contributed by atoms with E-state index in [4.69, 9.17) is 5.41 Å². The number of hydrogen-bond acceptors (Lipinski definition) is 1. The molecule has 0 aliphatic heterocycles. The van der Waals surface area contributed by atoms with Gasteiger partial charge in [0.25, 0.3) is 0 Å². The van der Waals surface area contributed by atoms with Gasteiger partial charge in [-0.05, 0) is 0 Å². The summed E-state index contributed by atoms with van der Waals surface area (Å²) in [6.07, 6.45) is 8.05. The van der Waals surface area contributed by atoms with Crippen LogP contribution in [0.2, 0.25) is 13.3 Å². The van der Waals surface area contributed by atoms with Crippen LogP contribution >= 0.6 is 0 Å². The second kappa shape index (κ2) is 9.68. The van der Waals surface area contributed by atoms with Gasteiger partial charge in [-0.1, -0.05) is 0 Å². The second-order valence-electron chi connectivity index (χ2n) is 4.82. The Labute approximate surface area is 100 Å². The predicted molar refractivity (Wildman–Crippen MR) is 73.7 cm³/mol. The molecule has 0 rings (SSSR count). The van der Waals surface area contributed by atoms with Gasteiger partial charge in [-0.25, -0.2) is 0 Å². The average Bonchev–Trinajstić information content (AvgIpc) is 2.29. The van der Waals surface area contributed by atoms with E-state index in [2.05, 4.69) is 20.8 Å². The molecule has 1 N–H and O–H groups in total. The molecule has 0 radical (unpaired) electrons. The van der Waals surface area contributed by atoms with Crippen molar-refractivity contribution < 1.29 is 0 Å². The van der Waals surface area contributed by atoms with Crippen molar-refractivity contribution in [3.05, 3.63) is 0 Å². The summed E-state index contributed by atoms with van der Waals surface area (Å²) < 4.78 is 6.29. The van der Waals surface area contributed by atoms with Crippen LogP contribution in [0.15, 0.2) is 0 Å². The van der Waals surface area contributed by atoms with Crippen molar-refractivity contribution in [1.82, 2.24) is 0 Å². The van der Waals surface area contributed by atoms with Crippen molar-refractivity contribution >= 4 is 22.6 Å². The van der Waals surface area contributed by atoms with Crippen LogP contribution in [0.3, 0.4) is 0 Å². The van der Waals surface area contributed by atoms with Crippen LogP contribution in [0.25, 0.3) is 0 Å². The van der Waals surface area contributed by atoms with Crippen molar-refractivity contribution in [3.63, 3.8) is 0 Å². The topological polar surface area (TPSA) is 23.9 Å². The molecule has 90 valence electrons. The Kier molecular flexibility index (Phi) is 9.98. The van der Waals surface area contributed by atoms with E-state index in [1.807, 2.05) is 4.23 Å². The van der Waals surface area contributed by atoms with Crippen LogP contribution in [0.1, 0.15) is 59.3 Å². The summed E-state index contributed by atoms with van der Waals surface area (Å²) in [5.74, 6) is 0. The third kappa shape index (κ3) is 6.59. The SMILES string of the molecule is CCC[CH2][Sn]([CH]=N)([CH2]CCC)[CH2]CCC. The first-order valence-corrected chi connectivity index (χ1v) is 14.5. The summed E-state index contributed by atoms with van der Waals surface area (Å²) >= 11 is -2.07. The fourth-order valence-corrected chi connectivity index (χ4v) is 14.6. The first-order valence-electron chi connectivity index (χ1n) is 6.76. The number of rotatable bonds is 10. The van der Waals surface area contributed by atoms with Crippen LogP contribution in [0, 0.1) is 5.41 Å². The van der Waals surface area contributed by atoms with E-state index in [1.54, 1.807) is 0 Å². The Morgan fingerprint density at radius 3 is 1.33 bits per heavy atom. The second-order valence-corrected chi connectivity index (χ2v) is 17.7. The van der Waals surface area contributed by atoms with Crippen molar-refractivity contribution in [1.29, 1.82) is 5.41 Å². The van der Waals surface area contributed by atoms with E-state index >= 15 is 0 Å². The summed E-state index contributed by atoms with van der Waals surface area (Å²) in [6.45, 7) is 6.83. The maximum atomic E-state index is 7.81. The van der Waals surface area contributed by atoms with E-state index < -0.39 is 18.4 Å². The molecule has 0 aromatic rings. The Bertz CT molecular complexity index is 135. The molecule has 0 aliphatic rings. The van der Waals surface area contributed by atoms with Gasteiger partial charge in [0, 0.05) is 0 Å². The van der Waals surface area contributed by atoms with Crippen LogP contribution in [0.4, 0.5) is 0 Å². The minimum absolute atomic E-state index is 1.31. The molecule has 0 saturated heterocycles. The molecular formula is C13H29NSn. The molecular weight excluding hydrogens is 289 g/mol. The third-order valence-electron chi connectivity index (χ3n) is 3.39. The van der Waals surface area contributed by atoms with Gasteiger partial charge >= 0.3 is 101 Å². The Morgan fingerprint density at radius 2 is 1.13 bits per heavy atom. The molecule has 0 fully saturated rings. The molecule has 0 atom stereocenters. The average molecular weight is 318 g/mol. The maximum absolute atomic E-state index is 7.81. The third-order valence-corrected chi connectivity index (χ3v) is 16.7. The van der Waals surface area contributed by atoms with E-state index in [9.17, 15) is 0 Å². The van der Waals surface area contributed by atoms with Crippen LogP contribution in [0.5, 0.6) is 0 Å². The van der Waals surface area contributed by atoms with Gasteiger partial charge in [0.15, 0.2) is 0 Å². The fraction of sp³-hybridized carbons (Fsp3) is 0.923. The van der Waals surface area contributed by atoms with Crippen molar-refractivity contribution in [2.45, 2.75) is 72.6 Å². The van der Waals surface area contributed by atoms with E-state index in [1.165, 1.54) is 51.8 Å². The Hall–Kier alpha value is 0.469. The van der Waals surface area contributed by atoms with Gasteiger partial charge in [-0.15, -0.1) is 0 Å². The number of hydrogen-bond donors (Lipinski definition) is 1. The molecule has 0 aromatic heterocycles. The standard InChI is InChI=1S/3C4H9.CH2N.Sn/c3*1-3-4-2;1-2;/h3*1,3-4H2,2H3;1-2H;. The monoisotopic (exact) mass is 319 g/mol. The van der Waals surface area contributed by atoms with Crippen molar-refractivity contribution in [3.8, 4) is 0 Å². The predicted octanol–water partition coefficient (Wildman–Crippen LogP) is 5.02. The van der Waals surface area contributed by atoms with Gasteiger partial charge < -0.3 is 0 Å². The van der Waals surface area contributed by atoms with Crippen molar-refractivity contribution in [2.75, 3.05) is 0 Å². The molecule has 0 saturated carbocycles. The summed E-state index contributed by atoms with van der Waals surface area (Å²) in [6, 6.07) is 0. The van der Waals surface area contributed by atoms with Crippen LogP contribution in [-0.2, 0) is 0 Å². The molecule has 0 unspecified atom stereocenters. The number of unbranched alkanes of at least 4 members (excludes halogenated alkanes) is 3. The summed E-state index contributed by atoms with van der Waals surface area (Å²) in [5, 5.41) is 7.81. The molecule has 0 bridgehead atoms. The molecule has 15 heavy (non-hydrogen) atoms. The zero-order chi connectivity index (χ0) is 11.6. The Balaban J connectivity index is 4.23. The van der Waals surface area contributed by atoms with E-state index in [0.29, 0.717) is 0 Å². The van der Waals surface area contributed by atoms with E-state index in [-0.39, 0.29) is 0 Å². The summed E-state index contributed by atoms with van der Waals surface area (Å²) in [7, 11) is 0. The Morgan fingerprint density at radius 1 is 0.800 bits per heavy atom. The number of nitrogens with one attached hydrogen (secondary N) is 1. The van der Waals surface area contributed by atoms with Gasteiger partial charge in [-0.3, -0.25) is 0 Å². The summed E-state index contributed by atoms with van der Waals surface area (Å²) in [4.78, 5) is 0. The molecule has 1 nitrogen and oxygen atoms in total. The van der Waals surface area contributed by atoms with Crippen LogP contribution in [-0.4, -0.2) is 22.6 Å². The van der Waals surface area contributed by atoms with Crippen molar-refractivity contribution in [2.24, 2.45) is 0 Å². The van der Waals surface area contributed by atoms with Gasteiger partial charge in [0.2, 0.25) is 0 Å².